The molecule has 0 radical (unpaired) electrons. The second-order valence-corrected chi connectivity index (χ2v) is 7.77. The minimum atomic E-state index is -3.72. The Morgan fingerprint density at radius 1 is 1.14 bits per heavy atom. The van der Waals surface area contributed by atoms with E-state index >= 15 is 0 Å². The first-order valence-corrected chi connectivity index (χ1v) is 9.14. The highest BCUT2D eigenvalue weighted by atomic mass is 79.9. The van der Waals surface area contributed by atoms with Crippen LogP contribution in [0.1, 0.15) is 5.56 Å². The summed E-state index contributed by atoms with van der Waals surface area (Å²) < 4.78 is 32.6. The number of halogens is 3. The van der Waals surface area contributed by atoms with Crippen molar-refractivity contribution in [2.24, 2.45) is 0 Å². The monoisotopic (exact) mass is 423 g/mol. The van der Waals surface area contributed by atoms with Crippen LogP contribution in [0.3, 0.4) is 0 Å². The third kappa shape index (κ3) is 4.14. The summed E-state index contributed by atoms with van der Waals surface area (Å²) in [5, 5.41) is 0.456. The average molecular weight is 425 g/mol. The summed E-state index contributed by atoms with van der Waals surface area (Å²) >= 11 is 14.9. The van der Waals surface area contributed by atoms with E-state index in [1.807, 2.05) is 0 Å². The van der Waals surface area contributed by atoms with Gasteiger partial charge in [0.2, 0.25) is 10.0 Å². The van der Waals surface area contributed by atoms with Gasteiger partial charge in [0, 0.05) is 11.0 Å². The number of ether oxygens (including phenoxy) is 1. The lowest BCUT2D eigenvalue weighted by atomic mass is 10.2. The van der Waals surface area contributed by atoms with Gasteiger partial charge in [-0.2, -0.15) is 0 Å². The number of methoxy groups -OCH3 is 1. The van der Waals surface area contributed by atoms with E-state index < -0.39 is 10.0 Å². The first kappa shape index (κ1) is 17.6. The lowest BCUT2D eigenvalue weighted by molar-refractivity contribution is 0.414. The van der Waals surface area contributed by atoms with Crippen LogP contribution in [0.5, 0.6) is 5.75 Å². The molecule has 2 rings (SSSR count). The Bertz CT molecular complexity index is 779. The van der Waals surface area contributed by atoms with Gasteiger partial charge in [-0.15, -0.1) is 0 Å². The normalized spacial score (nSPS) is 11.5. The predicted molar refractivity (Wildman–Crippen MR) is 91.2 cm³/mol. The molecule has 118 valence electrons. The van der Waals surface area contributed by atoms with E-state index in [1.165, 1.54) is 12.1 Å². The fourth-order valence-corrected chi connectivity index (χ4v) is 4.32. The lowest BCUT2D eigenvalue weighted by Gasteiger charge is -2.10. The minimum Gasteiger partial charge on any atom is -0.497 e. The highest BCUT2D eigenvalue weighted by Crippen LogP contribution is 2.31. The minimum absolute atomic E-state index is 0.0374. The smallest absolute Gasteiger partial charge is 0.242 e. The fourth-order valence-electron chi connectivity index (χ4n) is 1.71. The van der Waals surface area contributed by atoms with Crippen molar-refractivity contribution >= 4 is 49.2 Å². The van der Waals surface area contributed by atoms with E-state index in [-0.39, 0.29) is 21.5 Å². The van der Waals surface area contributed by atoms with Crippen LogP contribution in [0, 0.1) is 0 Å². The van der Waals surface area contributed by atoms with Gasteiger partial charge in [-0.1, -0.05) is 35.3 Å². The van der Waals surface area contributed by atoms with Gasteiger partial charge in [0.05, 0.1) is 22.1 Å². The Hall–Kier alpha value is -0.790. The van der Waals surface area contributed by atoms with E-state index in [4.69, 9.17) is 27.9 Å². The zero-order valence-electron chi connectivity index (χ0n) is 11.4. The molecule has 22 heavy (non-hydrogen) atoms. The van der Waals surface area contributed by atoms with Crippen LogP contribution in [0.15, 0.2) is 45.8 Å². The van der Waals surface area contributed by atoms with Gasteiger partial charge in [-0.3, -0.25) is 0 Å². The van der Waals surface area contributed by atoms with Crippen molar-refractivity contribution in [2.45, 2.75) is 11.4 Å². The van der Waals surface area contributed by atoms with Crippen molar-refractivity contribution in [3.05, 3.63) is 56.5 Å². The van der Waals surface area contributed by atoms with Crippen molar-refractivity contribution < 1.29 is 13.2 Å². The molecule has 0 fully saturated rings. The zero-order valence-corrected chi connectivity index (χ0v) is 15.4. The standard InChI is InChI=1S/C14H12BrCl2NO3S/c1-21-10-4-2-9(3-5-10)8-18-22(19,20)14-7-13(17)12(16)6-11(14)15/h2-7,18H,8H2,1H3. The van der Waals surface area contributed by atoms with Gasteiger partial charge < -0.3 is 4.74 Å². The molecule has 0 spiro atoms. The van der Waals surface area contributed by atoms with E-state index in [0.717, 1.165) is 5.56 Å². The molecule has 0 heterocycles. The van der Waals surface area contributed by atoms with Gasteiger partial charge in [-0.25, -0.2) is 13.1 Å². The van der Waals surface area contributed by atoms with Crippen molar-refractivity contribution in [2.75, 3.05) is 7.11 Å². The molecule has 1 N–H and O–H groups in total. The van der Waals surface area contributed by atoms with Crippen molar-refractivity contribution in [1.29, 1.82) is 0 Å². The largest absolute Gasteiger partial charge is 0.497 e. The Morgan fingerprint density at radius 3 is 2.32 bits per heavy atom. The number of hydrogen-bond donors (Lipinski definition) is 1. The number of benzene rings is 2. The quantitative estimate of drug-likeness (QED) is 0.730. The Morgan fingerprint density at radius 2 is 1.73 bits per heavy atom. The maximum absolute atomic E-state index is 12.3. The van der Waals surface area contributed by atoms with E-state index in [2.05, 4.69) is 20.7 Å². The van der Waals surface area contributed by atoms with Gasteiger partial charge in [0.15, 0.2) is 0 Å². The number of nitrogens with one attached hydrogen (secondary N) is 1. The molecule has 0 aliphatic heterocycles. The molecule has 0 unspecified atom stereocenters. The maximum atomic E-state index is 12.3. The second-order valence-electron chi connectivity index (χ2n) is 4.37. The molecule has 0 aliphatic rings. The van der Waals surface area contributed by atoms with Gasteiger partial charge in [0.25, 0.3) is 0 Å². The van der Waals surface area contributed by atoms with Crippen molar-refractivity contribution in [1.82, 2.24) is 4.72 Å². The molecule has 0 saturated heterocycles. The van der Waals surface area contributed by atoms with Crippen molar-refractivity contribution in [3.63, 3.8) is 0 Å². The molecule has 4 nitrogen and oxygen atoms in total. The Labute approximate surface area is 147 Å². The third-order valence-corrected chi connectivity index (χ3v) is 5.97. The van der Waals surface area contributed by atoms with E-state index in [0.29, 0.717) is 10.2 Å². The Balaban J connectivity index is 2.19. The zero-order chi connectivity index (χ0) is 16.3. The van der Waals surface area contributed by atoms with Crippen LogP contribution in [0.25, 0.3) is 0 Å². The van der Waals surface area contributed by atoms with Crippen molar-refractivity contribution in [3.8, 4) is 5.75 Å². The molecule has 0 aliphatic carbocycles. The lowest BCUT2D eigenvalue weighted by Crippen LogP contribution is -2.23. The summed E-state index contributed by atoms with van der Waals surface area (Å²) in [5.74, 6) is 0.707. The molecule has 0 saturated carbocycles. The Kier molecular flexibility index (Phi) is 5.74. The fraction of sp³-hybridized carbons (Fsp3) is 0.143. The van der Waals surface area contributed by atoms with E-state index in [9.17, 15) is 8.42 Å². The summed E-state index contributed by atoms with van der Waals surface area (Å²) in [7, 11) is -2.15. The average Bonchev–Trinajstić information content (AvgIpc) is 2.49. The summed E-state index contributed by atoms with van der Waals surface area (Å²) in [6.45, 7) is 0.152. The molecule has 2 aromatic carbocycles. The van der Waals surface area contributed by atoms with Crippen LogP contribution in [0.4, 0.5) is 0 Å². The topological polar surface area (TPSA) is 55.4 Å². The summed E-state index contributed by atoms with van der Waals surface area (Å²) in [4.78, 5) is 0.0374. The SMILES string of the molecule is COc1ccc(CNS(=O)(=O)c2cc(Cl)c(Cl)cc2Br)cc1. The summed E-state index contributed by atoms with van der Waals surface area (Å²) in [6.07, 6.45) is 0. The van der Waals surface area contributed by atoms with Crippen LogP contribution >= 0.6 is 39.1 Å². The van der Waals surface area contributed by atoms with Crippen LogP contribution < -0.4 is 9.46 Å². The maximum Gasteiger partial charge on any atom is 0.242 e. The second kappa shape index (κ2) is 7.19. The van der Waals surface area contributed by atoms with E-state index in [1.54, 1.807) is 31.4 Å². The first-order chi connectivity index (χ1) is 10.3. The third-order valence-electron chi connectivity index (χ3n) is 2.89. The van der Waals surface area contributed by atoms with Gasteiger partial charge in [-0.05, 0) is 45.8 Å². The molecule has 0 amide bonds. The summed E-state index contributed by atoms with van der Waals surface area (Å²) in [5.41, 5.74) is 0.806. The molecular formula is C14H12BrCl2NO3S. The van der Waals surface area contributed by atoms with Crippen LogP contribution in [0.2, 0.25) is 10.0 Å². The van der Waals surface area contributed by atoms with Crippen LogP contribution in [-0.2, 0) is 16.6 Å². The predicted octanol–water partition coefficient (Wildman–Crippen LogP) is 4.24. The molecule has 0 bridgehead atoms. The number of rotatable bonds is 5. The summed E-state index contributed by atoms with van der Waals surface area (Å²) in [6, 6.07) is 9.85. The van der Waals surface area contributed by atoms with Gasteiger partial charge >= 0.3 is 0 Å². The molecule has 0 aromatic heterocycles. The number of hydrogen-bond acceptors (Lipinski definition) is 3. The molecule has 2 aromatic rings. The molecular weight excluding hydrogens is 413 g/mol. The van der Waals surface area contributed by atoms with Gasteiger partial charge in [0.1, 0.15) is 5.75 Å². The van der Waals surface area contributed by atoms with Crippen LogP contribution in [-0.4, -0.2) is 15.5 Å². The molecule has 8 heteroatoms. The highest BCUT2D eigenvalue weighted by molar-refractivity contribution is 9.10. The first-order valence-electron chi connectivity index (χ1n) is 6.10. The number of sulfonamides is 1. The highest BCUT2D eigenvalue weighted by Gasteiger charge is 2.19. The molecule has 0 atom stereocenters.